The first-order chi connectivity index (χ1) is 8.76. The van der Waals surface area contributed by atoms with Gasteiger partial charge in [0.05, 0.1) is 11.6 Å². The highest BCUT2D eigenvalue weighted by molar-refractivity contribution is 9.10. The van der Waals surface area contributed by atoms with Gasteiger partial charge >= 0.3 is 0 Å². The molecule has 1 aliphatic carbocycles. The first-order valence-electron chi connectivity index (χ1n) is 6.73. The fraction of sp³-hybridized carbons (Fsp3) is 0.600. The molecular weight excluding hydrogens is 292 g/mol. The average Bonchev–Trinajstić information content (AvgIpc) is 2.89. The molecule has 0 atom stereocenters. The van der Waals surface area contributed by atoms with Crippen molar-refractivity contribution in [3.63, 3.8) is 0 Å². The molecule has 0 spiro atoms. The van der Waals surface area contributed by atoms with E-state index in [-0.39, 0.29) is 6.61 Å². The standard InChI is InChI=1S/C15H21BrO2/c1-18-15-13(12-6-2-3-7-12)9-11(5-4-8-17)10-14(15)16/h9-10,12,17H,2-8H2,1H3. The highest BCUT2D eigenvalue weighted by Gasteiger charge is 2.22. The van der Waals surface area contributed by atoms with E-state index in [0.717, 1.165) is 23.1 Å². The molecule has 0 unspecified atom stereocenters. The summed E-state index contributed by atoms with van der Waals surface area (Å²) in [6.45, 7) is 0.252. The largest absolute Gasteiger partial charge is 0.495 e. The minimum atomic E-state index is 0.252. The lowest BCUT2D eigenvalue weighted by molar-refractivity contribution is 0.288. The van der Waals surface area contributed by atoms with Crippen molar-refractivity contribution in [1.29, 1.82) is 0 Å². The normalized spacial score (nSPS) is 16.2. The van der Waals surface area contributed by atoms with Gasteiger partial charge in [-0.3, -0.25) is 0 Å². The molecule has 2 nitrogen and oxygen atoms in total. The zero-order valence-electron chi connectivity index (χ0n) is 10.9. The molecule has 0 amide bonds. The monoisotopic (exact) mass is 312 g/mol. The number of halogens is 1. The second kappa shape index (κ2) is 6.58. The lowest BCUT2D eigenvalue weighted by atomic mass is 9.94. The zero-order chi connectivity index (χ0) is 13.0. The summed E-state index contributed by atoms with van der Waals surface area (Å²) in [6.07, 6.45) is 6.94. The maximum absolute atomic E-state index is 8.94. The van der Waals surface area contributed by atoms with E-state index in [1.165, 1.54) is 36.8 Å². The molecule has 18 heavy (non-hydrogen) atoms. The van der Waals surface area contributed by atoms with E-state index in [0.29, 0.717) is 5.92 Å². The van der Waals surface area contributed by atoms with Gasteiger partial charge in [-0.25, -0.2) is 0 Å². The molecule has 1 aromatic carbocycles. The minimum absolute atomic E-state index is 0.252. The number of hydrogen-bond acceptors (Lipinski definition) is 2. The van der Waals surface area contributed by atoms with Crippen molar-refractivity contribution in [2.24, 2.45) is 0 Å². The molecule has 100 valence electrons. The predicted octanol–water partition coefficient (Wildman–Crippen LogP) is 4.04. The van der Waals surface area contributed by atoms with Crippen molar-refractivity contribution in [3.05, 3.63) is 27.7 Å². The van der Waals surface area contributed by atoms with Crippen LogP contribution in [-0.2, 0) is 6.42 Å². The van der Waals surface area contributed by atoms with Crippen LogP contribution in [0.5, 0.6) is 5.75 Å². The molecule has 1 aromatic rings. The topological polar surface area (TPSA) is 29.5 Å². The lowest BCUT2D eigenvalue weighted by Gasteiger charge is -2.17. The first-order valence-corrected chi connectivity index (χ1v) is 7.52. The summed E-state index contributed by atoms with van der Waals surface area (Å²) in [5.41, 5.74) is 2.64. The van der Waals surface area contributed by atoms with Crippen LogP contribution in [0, 0.1) is 0 Å². The first kappa shape index (κ1) is 13.9. The van der Waals surface area contributed by atoms with Crippen molar-refractivity contribution in [3.8, 4) is 5.75 Å². The molecule has 1 fully saturated rings. The molecule has 0 saturated heterocycles. The molecule has 1 N–H and O–H groups in total. The van der Waals surface area contributed by atoms with Crippen molar-refractivity contribution in [2.45, 2.75) is 44.4 Å². The Kier molecular flexibility index (Phi) is 5.07. The van der Waals surface area contributed by atoms with E-state index in [2.05, 4.69) is 28.1 Å². The van der Waals surface area contributed by atoms with E-state index in [1.54, 1.807) is 7.11 Å². The van der Waals surface area contributed by atoms with Crippen LogP contribution < -0.4 is 4.74 Å². The maximum atomic E-state index is 8.94. The van der Waals surface area contributed by atoms with Gasteiger partial charge < -0.3 is 9.84 Å². The van der Waals surface area contributed by atoms with Gasteiger partial charge in [-0.2, -0.15) is 0 Å². The molecule has 0 bridgehead atoms. The van der Waals surface area contributed by atoms with Gasteiger partial charge in [-0.1, -0.05) is 18.9 Å². The number of benzene rings is 1. The summed E-state index contributed by atoms with van der Waals surface area (Å²) < 4.78 is 6.60. The summed E-state index contributed by atoms with van der Waals surface area (Å²) in [7, 11) is 1.74. The van der Waals surface area contributed by atoms with Crippen LogP contribution in [0.4, 0.5) is 0 Å². The van der Waals surface area contributed by atoms with Gasteiger partial charge in [-0.15, -0.1) is 0 Å². The van der Waals surface area contributed by atoms with Crippen LogP contribution in [0.3, 0.4) is 0 Å². The second-order valence-corrected chi connectivity index (χ2v) is 5.86. The molecule has 0 heterocycles. The Morgan fingerprint density at radius 1 is 1.33 bits per heavy atom. The van der Waals surface area contributed by atoms with Crippen molar-refractivity contribution >= 4 is 15.9 Å². The van der Waals surface area contributed by atoms with Gasteiger partial charge in [0, 0.05) is 6.61 Å². The third-order valence-electron chi connectivity index (χ3n) is 3.75. The minimum Gasteiger partial charge on any atom is -0.495 e. The fourth-order valence-corrected chi connectivity index (χ4v) is 3.54. The van der Waals surface area contributed by atoms with E-state index in [9.17, 15) is 0 Å². The van der Waals surface area contributed by atoms with Crippen LogP contribution in [0.1, 0.15) is 49.1 Å². The molecule has 0 aliphatic heterocycles. The number of aliphatic hydroxyl groups is 1. The Hall–Kier alpha value is -0.540. The highest BCUT2D eigenvalue weighted by Crippen LogP contribution is 2.42. The fourth-order valence-electron chi connectivity index (χ4n) is 2.86. The Balaban J connectivity index is 2.30. The van der Waals surface area contributed by atoms with Crippen molar-refractivity contribution in [1.82, 2.24) is 0 Å². The molecule has 0 radical (unpaired) electrons. The number of rotatable bonds is 5. The molecule has 1 aliphatic rings. The summed E-state index contributed by atoms with van der Waals surface area (Å²) in [4.78, 5) is 0. The quantitative estimate of drug-likeness (QED) is 0.889. The second-order valence-electron chi connectivity index (χ2n) is 5.01. The SMILES string of the molecule is COc1c(Br)cc(CCCO)cc1C1CCCC1. The Labute approximate surface area is 117 Å². The molecule has 1 saturated carbocycles. The molecule has 3 heteroatoms. The zero-order valence-corrected chi connectivity index (χ0v) is 12.5. The van der Waals surface area contributed by atoms with Crippen LogP contribution in [0.2, 0.25) is 0 Å². The maximum Gasteiger partial charge on any atom is 0.136 e. The number of aryl methyl sites for hydroxylation is 1. The molecular formula is C15H21BrO2. The van der Waals surface area contributed by atoms with Crippen molar-refractivity contribution in [2.75, 3.05) is 13.7 Å². The average molecular weight is 313 g/mol. The van der Waals surface area contributed by atoms with Crippen molar-refractivity contribution < 1.29 is 9.84 Å². The number of aliphatic hydroxyl groups excluding tert-OH is 1. The third kappa shape index (κ3) is 3.07. The van der Waals surface area contributed by atoms with Gasteiger partial charge in [-0.05, 0) is 64.7 Å². The smallest absolute Gasteiger partial charge is 0.136 e. The Morgan fingerprint density at radius 3 is 2.67 bits per heavy atom. The highest BCUT2D eigenvalue weighted by atomic mass is 79.9. The van der Waals surface area contributed by atoms with Gasteiger partial charge in [0.1, 0.15) is 5.75 Å². The van der Waals surface area contributed by atoms with Crippen LogP contribution >= 0.6 is 15.9 Å². The Bertz CT molecular complexity index is 398. The predicted molar refractivity (Wildman–Crippen MR) is 77.3 cm³/mol. The van der Waals surface area contributed by atoms with Gasteiger partial charge in [0.25, 0.3) is 0 Å². The van der Waals surface area contributed by atoms with Crippen LogP contribution in [0.25, 0.3) is 0 Å². The number of ether oxygens (including phenoxy) is 1. The summed E-state index contributed by atoms with van der Waals surface area (Å²) in [6, 6.07) is 4.39. The lowest BCUT2D eigenvalue weighted by Crippen LogP contribution is -2.01. The summed E-state index contributed by atoms with van der Waals surface area (Å²) >= 11 is 3.61. The summed E-state index contributed by atoms with van der Waals surface area (Å²) in [5.74, 6) is 1.64. The van der Waals surface area contributed by atoms with E-state index < -0.39 is 0 Å². The van der Waals surface area contributed by atoms with Gasteiger partial charge in [0.2, 0.25) is 0 Å². The molecule has 2 rings (SSSR count). The van der Waals surface area contributed by atoms with Crippen LogP contribution in [0.15, 0.2) is 16.6 Å². The van der Waals surface area contributed by atoms with E-state index >= 15 is 0 Å². The van der Waals surface area contributed by atoms with Gasteiger partial charge in [0.15, 0.2) is 0 Å². The third-order valence-corrected chi connectivity index (χ3v) is 4.34. The van der Waals surface area contributed by atoms with E-state index in [1.807, 2.05) is 0 Å². The summed E-state index contributed by atoms with van der Waals surface area (Å²) in [5, 5.41) is 8.94. The molecule has 0 aromatic heterocycles. The van der Waals surface area contributed by atoms with Crippen LogP contribution in [-0.4, -0.2) is 18.8 Å². The van der Waals surface area contributed by atoms with E-state index in [4.69, 9.17) is 9.84 Å². The number of methoxy groups -OCH3 is 1. The Morgan fingerprint density at radius 2 is 2.06 bits per heavy atom. The number of hydrogen-bond donors (Lipinski definition) is 1.